The molecule has 0 aliphatic rings. The van der Waals surface area contributed by atoms with Gasteiger partial charge in [0.05, 0.1) is 0 Å². The molecular formula is C21H14OS. The van der Waals surface area contributed by atoms with Crippen molar-refractivity contribution in [1.82, 2.24) is 0 Å². The van der Waals surface area contributed by atoms with Gasteiger partial charge in [-0.2, -0.15) is 11.3 Å². The molecule has 0 fully saturated rings. The van der Waals surface area contributed by atoms with E-state index in [9.17, 15) is 4.79 Å². The summed E-state index contributed by atoms with van der Waals surface area (Å²) in [6.07, 6.45) is 3.42. The average Bonchev–Trinajstić information content (AvgIpc) is 3.12. The predicted octanol–water partition coefficient (Wildman–Crippen LogP) is 5.04. The summed E-state index contributed by atoms with van der Waals surface area (Å²) in [5.74, 6) is 6.15. The maximum absolute atomic E-state index is 12.4. The molecule has 0 spiro atoms. The van der Waals surface area contributed by atoms with E-state index in [2.05, 4.69) is 11.8 Å². The van der Waals surface area contributed by atoms with Crippen molar-refractivity contribution in [3.63, 3.8) is 0 Å². The van der Waals surface area contributed by atoms with Crippen molar-refractivity contribution in [3.8, 4) is 11.8 Å². The van der Waals surface area contributed by atoms with Gasteiger partial charge in [-0.25, -0.2) is 0 Å². The van der Waals surface area contributed by atoms with Crippen molar-refractivity contribution in [1.29, 1.82) is 0 Å². The Morgan fingerprint density at radius 1 is 0.913 bits per heavy atom. The summed E-state index contributed by atoms with van der Waals surface area (Å²) in [6, 6.07) is 19.2. The molecule has 23 heavy (non-hydrogen) atoms. The predicted molar refractivity (Wildman–Crippen MR) is 96.5 cm³/mol. The zero-order valence-electron chi connectivity index (χ0n) is 12.4. The number of carbonyl (C=O) groups excluding carboxylic acids is 1. The van der Waals surface area contributed by atoms with E-state index in [1.54, 1.807) is 17.4 Å². The lowest BCUT2D eigenvalue weighted by atomic mass is 10.0. The maximum Gasteiger partial charge on any atom is 0.187 e. The Morgan fingerprint density at radius 3 is 2.48 bits per heavy atom. The van der Waals surface area contributed by atoms with E-state index < -0.39 is 0 Å². The van der Waals surface area contributed by atoms with Gasteiger partial charge in [0.25, 0.3) is 0 Å². The Bertz CT molecular complexity index is 878. The Hall–Kier alpha value is -2.89. The molecule has 110 valence electrons. The standard InChI is InChI=1S/C21H14OS/c22-21(13-11-17-6-2-1-3-7-17)20-9-5-4-8-19(20)12-10-18-14-15-23-16-18/h1-9,11,13-16H/b13-11+. The monoisotopic (exact) mass is 314 g/mol. The molecule has 0 aliphatic heterocycles. The van der Waals surface area contributed by atoms with E-state index in [-0.39, 0.29) is 5.78 Å². The molecule has 0 amide bonds. The normalized spacial score (nSPS) is 10.3. The smallest absolute Gasteiger partial charge is 0.187 e. The van der Waals surface area contributed by atoms with Crippen molar-refractivity contribution >= 4 is 23.2 Å². The van der Waals surface area contributed by atoms with Gasteiger partial charge in [-0.1, -0.05) is 60.4 Å². The van der Waals surface area contributed by atoms with Crippen LogP contribution in [-0.4, -0.2) is 5.78 Å². The molecule has 0 N–H and O–H groups in total. The molecule has 0 aliphatic carbocycles. The van der Waals surface area contributed by atoms with Gasteiger partial charge < -0.3 is 0 Å². The molecule has 1 nitrogen and oxygen atoms in total. The van der Waals surface area contributed by atoms with Gasteiger partial charge in [0.1, 0.15) is 0 Å². The second kappa shape index (κ2) is 7.40. The molecule has 0 atom stereocenters. The summed E-state index contributed by atoms with van der Waals surface area (Å²) in [5, 5.41) is 3.98. The number of thiophene rings is 1. The third-order valence-electron chi connectivity index (χ3n) is 3.28. The summed E-state index contributed by atoms with van der Waals surface area (Å²) in [4.78, 5) is 12.4. The van der Waals surface area contributed by atoms with Gasteiger partial charge in [0, 0.05) is 22.1 Å². The summed E-state index contributed by atoms with van der Waals surface area (Å²) in [7, 11) is 0. The molecule has 3 rings (SSSR count). The third kappa shape index (κ3) is 4.06. The lowest BCUT2D eigenvalue weighted by molar-refractivity contribution is 0.104. The van der Waals surface area contributed by atoms with Crippen molar-refractivity contribution in [2.45, 2.75) is 0 Å². The zero-order valence-corrected chi connectivity index (χ0v) is 13.2. The van der Waals surface area contributed by atoms with Crippen LogP contribution in [0.2, 0.25) is 0 Å². The van der Waals surface area contributed by atoms with E-state index in [1.165, 1.54) is 0 Å². The van der Waals surface area contributed by atoms with Gasteiger partial charge in [0.2, 0.25) is 0 Å². The number of hydrogen-bond acceptors (Lipinski definition) is 2. The minimum Gasteiger partial charge on any atom is -0.289 e. The molecule has 1 aromatic heterocycles. The van der Waals surface area contributed by atoms with E-state index in [0.717, 1.165) is 16.7 Å². The molecule has 0 saturated heterocycles. The van der Waals surface area contributed by atoms with Crippen LogP contribution < -0.4 is 0 Å². The highest BCUT2D eigenvalue weighted by atomic mass is 32.1. The molecule has 2 aromatic carbocycles. The molecular weight excluding hydrogens is 300 g/mol. The van der Waals surface area contributed by atoms with Crippen molar-refractivity contribution < 1.29 is 4.79 Å². The van der Waals surface area contributed by atoms with Crippen LogP contribution in [0.4, 0.5) is 0 Å². The fourth-order valence-corrected chi connectivity index (χ4v) is 2.70. The number of ketones is 1. The fourth-order valence-electron chi connectivity index (χ4n) is 2.11. The Balaban J connectivity index is 1.85. The van der Waals surface area contributed by atoms with Crippen molar-refractivity contribution in [2.75, 3.05) is 0 Å². The molecule has 0 saturated carbocycles. The summed E-state index contributed by atoms with van der Waals surface area (Å²) in [6.45, 7) is 0. The van der Waals surface area contributed by atoms with Gasteiger partial charge in [0.15, 0.2) is 5.78 Å². The molecule has 1 heterocycles. The molecule has 0 bridgehead atoms. The number of allylic oxidation sites excluding steroid dienone is 1. The molecule has 3 aromatic rings. The van der Waals surface area contributed by atoms with Crippen LogP contribution in [-0.2, 0) is 0 Å². The number of carbonyl (C=O) groups is 1. The maximum atomic E-state index is 12.4. The van der Waals surface area contributed by atoms with E-state index >= 15 is 0 Å². The first-order valence-corrected chi connectivity index (χ1v) is 8.18. The van der Waals surface area contributed by atoms with Crippen LogP contribution in [0.1, 0.15) is 27.0 Å². The Labute approximate surface area is 139 Å². The average molecular weight is 314 g/mol. The van der Waals surface area contributed by atoms with Gasteiger partial charge in [-0.15, -0.1) is 0 Å². The second-order valence-electron chi connectivity index (χ2n) is 4.92. The van der Waals surface area contributed by atoms with E-state index in [0.29, 0.717) is 5.56 Å². The van der Waals surface area contributed by atoms with Crippen LogP contribution in [0.15, 0.2) is 77.5 Å². The van der Waals surface area contributed by atoms with Crippen molar-refractivity contribution in [3.05, 3.63) is 99.8 Å². The fraction of sp³-hybridized carbons (Fsp3) is 0. The number of rotatable bonds is 3. The molecule has 2 heteroatoms. The third-order valence-corrected chi connectivity index (χ3v) is 3.97. The van der Waals surface area contributed by atoms with Crippen LogP contribution in [0.25, 0.3) is 6.08 Å². The highest BCUT2D eigenvalue weighted by Gasteiger charge is 2.06. The van der Waals surface area contributed by atoms with Crippen LogP contribution in [0.5, 0.6) is 0 Å². The SMILES string of the molecule is O=C(/C=C/c1ccccc1)c1ccccc1C#Cc1ccsc1. The minimum absolute atomic E-state index is 0.0379. The van der Waals surface area contributed by atoms with Crippen LogP contribution >= 0.6 is 11.3 Å². The van der Waals surface area contributed by atoms with Crippen LogP contribution in [0, 0.1) is 11.8 Å². The summed E-state index contributed by atoms with van der Waals surface area (Å²) < 4.78 is 0. The Kier molecular flexibility index (Phi) is 4.83. The highest BCUT2D eigenvalue weighted by Crippen LogP contribution is 2.11. The lowest BCUT2D eigenvalue weighted by Crippen LogP contribution is -1.97. The zero-order chi connectivity index (χ0) is 15.9. The first-order valence-electron chi connectivity index (χ1n) is 7.23. The molecule has 0 unspecified atom stereocenters. The largest absolute Gasteiger partial charge is 0.289 e. The first kappa shape index (κ1) is 15.0. The minimum atomic E-state index is -0.0379. The van der Waals surface area contributed by atoms with E-state index in [1.807, 2.05) is 77.5 Å². The summed E-state index contributed by atoms with van der Waals surface area (Å²) in [5.41, 5.74) is 3.35. The summed E-state index contributed by atoms with van der Waals surface area (Å²) >= 11 is 1.61. The van der Waals surface area contributed by atoms with E-state index in [4.69, 9.17) is 0 Å². The van der Waals surface area contributed by atoms with Gasteiger partial charge in [-0.05, 0) is 35.2 Å². The first-order chi connectivity index (χ1) is 11.3. The highest BCUT2D eigenvalue weighted by molar-refractivity contribution is 7.08. The van der Waals surface area contributed by atoms with Gasteiger partial charge >= 0.3 is 0 Å². The quantitative estimate of drug-likeness (QED) is 0.376. The second-order valence-corrected chi connectivity index (χ2v) is 5.70. The topological polar surface area (TPSA) is 17.1 Å². The number of benzene rings is 2. The lowest BCUT2D eigenvalue weighted by Gasteiger charge is -2.00. The van der Waals surface area contributed by atoms with Crippen molar-refractivity contribution in [2.24, 2.45) is 0 Å². The van der Waals surface area contributed by atoms with Gasteiger partial charge in [-0.3, -0.25) is 4.79 Å². The molecule has 0 radical (unpaired) electrons. The number of hydrogen-bond donors (Lipinski definition) is 0. The Morgan fingerprint density at radius 2 is 1.70 bits per heavy atom. The van der Waals surface area contributed by atoms with Crippen LogP contribution in [0.3, 0.4) is 0 Å².